The number of fused-ring (bicyclic) bond motifs is 1. The van der Waals surface area contributed by atoms with Crippen LogP contribution in [0.4, 0.5) is 0 Å². The molecule has 30 heavy (non-hydrogen) atoms. The molecule has 0 spiro atoms. The molecular weight excluding hydrogens is 394 g/mol. The maximum Gasteiger partial charge on any atom is 0.173 e. The van der Waals surface area contributed by atoms with Gasteiger partial charge < -0.3 is 9.64 Å². The minimum absolute atomic E-state index is 0.343. The van der Waals surface area contributed by atoms with Gasteiger partial charge in [-0.2, -0.15) is 5.10 Å². The van der Waals surface area contributed by atoms with E-state index in [1.807, 2.05) is 0 Å². The van der Waals surface area contributed by atoms with E-state index in [4.69, 9.17) is 9.84 Å². The molecule has 0 unspecified atom stereocenters. The second kappa shape index (κ2) is 9.09. The third-order valence-corrected chi connectivity index (χ3v) is 8.74. The van der Waals surface area contributed by atoms with Gasteiger partial charge in [-0.1, -0.05) is 6.42 Å². The quantitative estimate of drug-likeness (QED) is 0.599. The largest absolute Gasteiger partial charge is 0.381 e. The first kappa shape index (κ1) is 20.7. The van der Waals surface area contributed by atoms with Crippen LogP contribution in [0.25, 0.3) is 10.2 Å². The predicted octanol–water partition coefficient (Wildman–Crippen LogP) is 5.38. The molecule has 2 aromatic rings. The maximum absolute atomic E-state index is 13.1. The van der Waals surface area contributed by atoms with Gasteiger partial charge in [0, 0.05) is 31.1 Å². The van der Waals surface area contributed by atoms with Gasteiger partial charge in [-0.25, -0.2) is 0 Å². The predicted molar refractivity (Wildman–Crippen MR) is 122 cm³/mol. The van der Waals surface area contributed by atoms with Crippen LogP contribution >= 0.6 is 11.3 Å². The van der Waals surface area contributed by atoms with Gasteiger partial charge in [-0.05, 0) is 83.4 Å². The fraction of sp³-hybridized carbons (Fsp3) is 0.750. The van der Waals surface area contributed by atoms with E-state index in [1.165, 1.54) is 68.3 Å². The Balaban J connectivity index is 1.22. The number of Topliss-reactive ketones (excluding diaryl/α,β-unsaturated/α-hetero) is 1. The number of rotatable bonds is 5. The first-order valence-corrected chi connectivity index (χ1v) is 12.8. The van der Waals surface area contributed by atoms with Gasteiger partial charge in [-0.15, -0.1) is 11.3 Å². The molecule has 0 aromatic carbocycles. The van der Waals surface area contributed by atoms with E-state index in [0.29, 0.717) is 17.7 Å². The highest BCUT2D eigenvalue weighted by molar-refractivity contribution is 7.20. The molecule has 3 fully saturated rings. The number of piperidine rings is 1. The zero-order valence-electron chi connectivity index (χ0n) is 18.3. The molecule has 5 nitrogen and oxygen atoms in total. The van der Waals surface area contributed by atoms with E-state index in [0.717, 1.165) is 49.1 Å². The van der Waals surface area contributed by atoms with Crippen LogP contribution < -0.4 is 0 Å². The molecule has 1 saturated carbocycles. The lowest BCUT2D eigenvalue weighted by atomic mass is 9.82. The number of nitrogens with zero attached hydrogens (tertiary/aromatic N) is 3. The fourth-order valence-electron chi connectivity index (χ4n) is 5.75. The molecular formula is C24H35N3O2S. The van der Waals surface area contributed by atoms with Gasteiger partial charge in [0.25, 0.3) is 0 Å². The van der Waals surface area contributed by atoms with Crippen LogP contribution in [0.15, 0.2) is 6.07 Å². The first-order chi connectivity index (χ1) is 14.7. The summed E-state index contributed by atoms with van der Waals surface area (Å²) in [7, 11) is 0. The number of hydrogen-bond acceptors (Lipinski definition) is 5. The normalized spacial score (nSPS) is 27.0. The number of aromatic nitrogens is 2. The Bertz CT molecular complexity index is 869. The average molecular weight is 430 g/mol. The molecule has 2 aromatic heterocycles. The third-order valence-electron chi connectivity index (χ3n) is 7.58. The van der Waals surface area contributed by atoms with Gasteiger partial charge in [-0.3, -0.25) is 9.48 Å². The first-order valence-electron chi connectivity index (χ1n) is 12.0. The Hall–Kier alpha value is -1.24. The SMILES string of the molecule is Cc1nn(C2CCOCC2)c2sc(C(=O)CC3CCC(N4CCCCC4)CC3)cc12. The summed E-state index contributed by atoms with van der Waals surface area (Å²) in [4.78, 5) is 17.9. The molecule has 2 aliphatic heterocycles. The Morgan fingerprint density at radius 3 is 2.53 bits per heavy atom. The van der Waals surface area contributed by atoms with E-state index in [2.05, 4.69) is 22.6 Å². The average Bonchev–Trinajstić information content (AvgIpc) is 3.36. The Kier molecular flexibility index (Phi) is 6.26. The standard InChI is InChI=1S/C24H35N3O2S/c1-17-21-16-23(30-24(21)27(25-17)20-9-13-29-14-10-20)22(28)15-18-5-7-19(8-6-18)26-11-3-2-4-12-26/h16,18-20H,2-15H2,1H3. The molecule has 6 heteroatoms. The van der Waals surface area contributed by atoms with Crippen molar-refractivity contribution in [3.63, 3.8) is 0 Å². The van der Waals surface area contributed by atoms with Crippen molar-refractivity contribution in [2.75, 3.05) is 26.3 Å². The number of ether oxygens (including phenoxy) is 1. The number of carbonyl (C=O) groups is 1. The minimum atomic E-state index is 0.343. The van der Waals surface area contributed by atoms with E-state index in [9.17, 15) is 4.79 Å². The van der Waals surface area contributed by atoms with Crippen molar-refractivity contribution in [1.82, 2.24) is 14.7 Å². The van der Waals surface area contributed by atoms with Crippen molar-refractivity contribution in [2.45, 2.75) is 83.2 Å². The number of hydrogen-bond donors (Lipinski definition) is 0. The second-order valence-electron chi connectivity index (χ2n) is 9.60. The smallest absolute Gasteiger partial charge is 0.173 e. The monoisotopic (exact) mass is 429 g/mol. The molecule has 164 valence electrons. The summed E-state index contributed by atoms with van der Waals surface area (Å²) >= 11 is 1.66. The number of carbonyl (C=O) groups excluding carboxylic acids is 1. The highest BCUT2D eigenvalue weighted by Gasteiger charge is 2.29. The third kappa shape index (κ3) is 4.23. The van der Waals surface area contributed by atoms with Crippen LogP contribution in [-0.4, -0.2) is 52.8 Å². The summed E-state index contributed by atoms with van der Waals surface area (Å²) in [6.07, 6.45) is 11.9. The van der Waals surface area contributed by atoms with Crippen LogP contribution in [0.5, 0.6) is 0 Å². The number of likely N-dealkylation sites (tertiary alicyclic amines) is 1. The van der Waals surface area contributed by atoms with Crippen molar-refractivity contribution in [1.29, 1.82) is 0 Å². The van der Waals surface area contributed by atoms with Crippen molar-refractivity contribution in [3.05, 3.63) is 16.6 Å². The summed E-state index contributed by atoms with van der Waals surface area (Å²) in [6, 6.07) is 3.29. The van der Waals surface area contributed by atoms with Gasteiger partial charge in [0.15, 0.2) is 5.78 Å². The van der Waals surface area contributed by atoms with Crippen LogP contribution in [0.2, 0.25) is 0 Å². The van der Waals surface area contributed by atoms with E-state index in [1.54, 1.807) is 11.3 Å². The Morgan fingerprint density at radius 2 is 1.80 bits per heavy atom. The van der Waals surface area contributed by atoms with Gasteiger partial charge in [0.2, 0.25) is 0 Å². The zero-order chi connectivity index (χ0) is 20.5. The summed E-state index contributed by atoms with van der Waals surface area (Å²) in [5.74, 6) is 0.910. The fourth-order valence-corrected chi connectivity index (χ4v) is 6.93. The summed E-state index contributed by atoms with van der Waals surface area (Å²) in [5.41, 5.74) is 1.05. The van der Waals surface area contributed by atoms with Crippen LogP contribution in [0.1, 0.15) is 85.6 Å². The topological polar surface area (TPSA) is 47.4 Å². The van der Waals surface area contributed by atoms with E-state index >= 15 is 0 Å². The maximum atomic E-state index is 13.1. The highest BCUT2D eigenvalue weighted by Crippen LogP contribution is 2.36. The van der Waals surface area contributed by atoms with E-state index < -0.39 is 0 Å². The van der Waals surface area contributed by atoms with E-state index in [-0.39, 0.29) is 0 Å². The molecule has 4 heterocycles. The minimum Gasteiger partial charge on any atom is -0.381 e. The molecule has 5 rings (SSSR count). The van der Waals surface area contributed by atoms with Gasteiger partial charge in [0.05, 0.1) is 16.6 Å². The lowest BCUT2D eigenvalue weighted by Crippen LogP contribution is -2.41. The molecule has 3 aliphatic rings. The molecule has 2 saturated heterocycles. The Morgan fingerprint density at radius 1 is 1.07 bits per heavy atom. The lowest BCUT2D eigenvalue weighted by Gasteiger charge is -2.38. The highest BCUT2D eigenvalue weighted by atomic mass is 32.1. The molecule has 0 amide bonds. The van der Waals surface area contributed by atoms with Gasteiger partial charge >= 0.3 is 0 Å². The molecule has 0 radical (unpaired) electrons. The number of thiophene rings is 1. The number of ketones is 1. The van der Waals surface area contributed by atoms with Crippen molar-refractivity contribution >= 4 is 27.3 Å². The summed E-state index contributed by atoms with van der Waals surface area (Å²) in [6.45, 7) is 6.27. The number of aryl methyl sites for hydroxylation is 1. The van der Waals surface area contributed by atoms with Crippen molar-refractivity contribution < 1.29 is 9.53 Å². The lowest BCUT2D eigenvalue weighted by molar-refractivity contribution is 0.0675. The van der Waals surface area contributed by atoms with Gasteiger partial charge in [0.1, 0.15) is 4.83 Å². The van der Waals surface area contributed by atoms with Crippen molar-refractivity contribution in [3.8, 4) is 0 Å². The second-order valence-corrected chi connectivity index (χ2v) is 10.6. The molecule has 1 aliphatic carbocycles. The Labute approximate surface area is 183 Å². The summed E-state index contributed by atoms with van der Waals surface area (Å²) in [5, 5.41) is 5.97. The summed E-state index contributed by atoms with van der Waals surface area (Å²) < 4.78 is 7.70. The molecule has 0 bridgehead atoms. The van der Waals surface area contributed by atoms with Crippen molar-refractivity contribution in [2.24, 2.45) is 5.92 Å². The molecule has 0 N–H and O–H groups in total. The van der Waals surface area contributed by atoms with Crippen LogP contribution in [0, 0.1) is 12.8 Å². The van der Waals surface area contributed by atoms with Crippen LogP contribution in [-0.2, 0) is 4.74 Å². The molecule has 0 atom stereocenters. The van der Waals surface area contributed by atoms with Crippen LogP contribution in [0.3, 0.4) is 0 Å². The zero-order valence-corrected chi connectivity index (χ0v) is 19.1.